The highest BCUT2D eigenvalue weighted by Crippen LogP contribution is 2.20. The maximum atomic E-state index is 9.20. The lowest BCUT2D eigenvalue weighted by Crippen LogP contribution is -2.39. The van der Waals surface area contributed by atoms with Crippen LogP contribution in [0.4, 0.5) is 0 Å². The summed E-state index contributed by atoms with van der Waals surface area (Å²) in [6.07, 6.45) is 17.4. The molecular weight excluding hydrogens is 284 g/mol. The van der Waals surface area contributed by atoms with E-state index in [1.54, 1.807) is 0 Å². The molecule has 0 aromatic carbocycles. The van der Waals surface area contributed by atoms with Gasteiger partial charge in [-0.3, -0.25) is 9.80 Å². The third-order valence-corrected chi connectivity index (χ3v) is 5.38. The number of aliphatic hydroxyl groups excluding tert-OH is 1. The zero-order valence-corrected chi connectivity index (χ0v) is 15.9. The van der Waals surface area contributed by atoms with E-state index >= 15 is 0 Å². The number of aliphatic hydroxyl groups is 1. The molecule has 0 saturated carbocycles. The van der Waals surface area contributed by atoms with Gasteiger partial charge in [-0.15, -0.1) is 0 Å². The summed E-state index contributed by atoms with van der Waals surface area (Å²) < 4.78 is 0. The molecule has 23 heavy (non-hydrogen) atoms. The summed E-state index contributed by atoms with van der Waals surface area (Å²) in [6, 6.07) is 0. The van der Waals surface area contributed by atoms with Gasteiger partial charge in [0, 0.05) is 19.6 Å². The summed E-state index contributed by atoms with van der Waals surface area (Å²) in [6.45, 7) is 9.15. The topological polar surface area (TPSA) is 26.7 Å². The zero-order chi connectivity index (χ0) is 16.8. The van der Waals surface area contributed by atoms with Crippen LogP contribution in [0.25, 0.3) is 0 Å². The molecule has 3 nitrogen and oxygen atoms in total. The van der Waals surface area contributed by atoms with Crippen LogP contribution in [0, 0.1) is 0 Å². The lowest BCUT2D eigenvalue weighted by Gasteiger charge is -2.29. The van der Waals surface area contributed by atoms with E-state index in [4.69, 9.17) is 0 Å². The summed E-state index contributed by atoms with van der Waals surface area (Å²) in [4.78, 5) is 5.05. The molecule has 1 heterocycles. The molecule has 0 aromatic heterocycles. The molecule has 1 aliphatic heterocycles. The van der Waals surface area contributed by atoms with Gasteiger partial charge in [-0.1, -0.05) is 84.5 Å². The predicted molar refractivity (Wildman–Crippen MR) is 101 cm³/mol. The molecule has 1 unspecified atom stereocenters. The normalized spacial score (nSPS) is 19.7. The average molecular weight is 327 g/mol. The van der Waals surface area contributed by atoms with Crippen molar-refractivity contribution in [1.82, 2.24) is 9.80 Å². The number of unbranched alkanes of at least 4 members (excludes halogenated alkanes) is 10. The minimum atomic E-state index is 0.298. The first-order chi connectivity index (χ1) is 11.3. The van der Waals surface area contributed by atoms with Crippen molar-refractivity contribution in [3.8, 4) is 0 Å². The first-order valence-corrected chi connectivity index (χ1v) is 10.4. The molecule has 1 N–H and O–H groups in total. The van der Waals surface area contributed by atoms with Crippen molar-refractivity contribution < 1.29 is 5.11 Å². The second kappa shape index (κ2) is 14.2. The first-order valence-electron chi connectivity index (χ1n) is 10.4. The summed E-state index contributed by atoms with van der Waals surface area (Å²) in [7, 11) is 0. The molecule has 0 aromatic rings. The van der Waals surface area contributed by atoms with E-state index in [1.165, 1.54) is 83.6 Å². The van der Waals surface area contributed by atoms with Gasteiger partial charge in [-0.05, 0) is 13.0 Å². The van der Waals surface area contributed by atoms with E-state index in [-0.39, 0.29) is 0 Å². The van der Waals surface area contributed by atoms with Gasteiger partial charge in [-0.25, -0.2) is 0 Å². The molecule has 1 rings (SSSR count). The van der Waals surface area contributed by atoms with E-state index in [1.807, 2.05) is 0 Å². The third-order valence-electron chi connectivity index (χ3n) is 5.38. The van der Waals surface area contributed by atoms with Crippen molar-refractivity contribution in [2.24, 2.45) is 0 Å². The third kappa shape index (κ3) is 9.07. The van der Waals surface area contributed by atoms with Crippen LogP contribution in [0.3, 0.4) is 0 Å². The summed E-state index contributed by atoms with van der Waals surface area (Å²) in [5.41, 5.74) is 0. The highest BCUT2D eigenvalue weighted by Gasteiger charge is 2.29. The van der Waals surface area contributed by atoms with Crippen molar-refractivity contribution in [1.29, 1.82) is 0 Å². The SMILES string of the molecule is CCCCCCCCCCCCCC1N(CC)CCN1CCO. The Morgan fingerprint density at radius 1 is 0.739 bits per heavy atom. The number of hydrogen-bond acceptors (Lipinski definition) is 3. The molecular formula is C20H42N2O. The molecule has 0 spiro atoms. The first kappa shape index (κ1) is 20.9. The van der Waals surface area contributed by atoms with Crippen LogP contribution in [0.5, 0.6) is 0 Å². The Kier molecular flexibility index (Phi) is 13.0. The van der Waals surface area contributed by atoms with Crippen LogP contribution >= 0.6 is 0 Å². The van der Waals surface area contributed by atoms with Crippen LogP contribution in [-0.4, -0.2) is 53.9 Å². The Labute approximate surface area is 145 Å². The highest BCUT2D eigenvalue weighted by molar-refractivity contribution is 4.80. The predicted octanol–water partition coefficient (Wildman–Crippen LogP) is 4.64. The Balaban J connectivity index is 1.96. The second-order valence-corrected chi connectivity index (χ2v) is 7.19. The number of likely N-dealkylation sites (N-methyl/N-ethyl adjacent to an activating group) is 1. The lowest BCUT2D eigenvalue weighted by molar-refractivity contribution is 0.108. The van der Waals surface area contributed by atoms with Gasteiger partial charge < -0.3 is 5.11 Å². The van der Waals surface area contributed by atoms with Gasteiger partial charge in [0.05, 0.1) is 12.8 Å². The molecule has 1 atom stereocenters. The van der Waals surface area contributed by atoms with E-state index < -0.39 is 0 Å². The average Bonchev–Trinajstić information content (AvgIpc) is 2.95. The molecule has 138 valence electrons. The monoisotopic (exact) mass is 326 g/mol. The highest BCUT2D eigenvalue weighted by atomic mass is 16.3. The maximum Gasteiger partial charge on any atom is 0.0624 e. The smallest absolute Gasteiger partial charge is 0.0624 e. The number of rotatable bonds is 15. The fourth-order valence-electron chi connectivity index (χ4n) is 3.90. The molecule has 1 aliphatic rings. The van der Waals surface area contributed by atoms with E-state index in [2.05, 4.69) is 23.6 Å². The zero-order valence-electron chi connectivity index (χ0n) is 15.9. The fraction of sp³-hybridized carbons (Fsp3) is 1.00. The van der Waals surface area contributed by atoms with E-state index in [0.717, 1.165) is 19.6 Å². The van der Waals surface area contributed by atoms with Gasteiger partial charge in [0.2, 0.25) is 0 Å². The van der Waals surface area contributed by atoms with Crippen LogP contribution in [-0.2, 0) is 0 Å². The van der Waals surface area contributed by atoms with Crippen molar-refractivity contribution in [2.45, 2.75) is 97.1 Å². The Morgan fingerprint density at radius 3 is 1.78 bits per heavy atom. The largest absolute Gasteiger partial charge is 0.395 e. The van der Waals surface area contributed by atoms with Crippen LogP contribution in [0.15, 0.2) is 0 Å². The number of nitrogens with zero attached hydrogens (tertiary/aromatic N) is 2. The summed E-state index contributed by atoms with van der Waals surface area (Å²) >= 11 is 0. The van der Waals surface area contributed by atoms with Crippen LogP contribution in [0.2, 0.25) is 0 Å². The molecule has 0 radical (unpaired) electrons. The van der Waals surface area contributed by atoms with E-state index in [0.29, 0.717) is 12.8 Å². The quantitative estimate of drug-likeness (QED) is 0.444. The molecule has 1 saturated heterocycles. The molecule has 3 heteroatoms. The Bertz CT molecular complexity index is 260. The standard InChI is InChI=1S/C20H42N2O/c1-3-5-6-7-8-9-10-11-12-13-14-15-20-21(4-2)16-17-22(20)18-19-23/h20,23H,3-19H2,1-2H3. The minimum Gasteiger partial charge on any atom is -0.395 e. The van der Waals surface area contributed by atoms with Gasteiger partial charge in [0.25, 0.3) is 0 Å². The minimum absolute atomic E-state index is 0.298. The summed E-state index contributed by atoms with van der Waals surface area (Å²) in [5, 5.41) is 9.20. The van der Waals surface area contributed by atoms with Crippen molar-refractivity contribution in [2.75, 3.05) is 32.8 Å². The number of β-amino-alcohol motifs (C(OH)–C–C–N with tert-alkyl or cyclic N) is 1. The molecule has 0 bridgehead atoms. The Morgan fingerprint density at radius 2 is 1.26 bits per heavy atom. The number of hydrogen-bond donors (Lipinski definition) is 1. The second-order valence-electron chi connectivity index (χ2n) is 7.19. The van der Waals surface area contributed by atoms with Gasteiger partial charge in [0.1, 0.15) is 0 Å². The van der Waals surface area contributed by atoms with Crippen LogP contribution < -0.4 is 0 Å². The van der Waals surface area contributed by atoms with Gasteiger partial charge in [-0.2, -0.15) is 0 Å². The van der Waals surface area contributed by atoms with Crippen molar-refractivity contribution in [3.05, 3.63) is 0 Å². The summed E-state index contributed by atoms with van der Waals surface area (Å²) in [5.74, 6) is 0. The molecule has 0 amide bonds. The van der Waals surface area contributed by atoms with Gasteiger partial charge >= 0.3 is 0 Å². The Hall–Kier alpha value is -0.120. The lowest BCUT2D eigenvalue weighted by atomic mass is 10.0. The molecule has 1 fully saturated rings. The van der Waals surface area contributed by atoms with E-state index in [9.17, 15) is 5.11 Å². The molecule has 0 aliphatic carbocycles. The fourth-order valence-corrected chi connectivity index (χ4v) is 3.90. The van der Waals surface area contributed by atoms with Crippen molar-refractivity contribution in [3.63, 3.8) is 0 Å². The maximum absolute atomic E-state index is 9.20. The van der Waals surface area contributed by atoms with Crippen molar-refractivity contribution >= 4 is 0 Å². The van der Waals surface area contributed by atoms with Crippen LogP contribution in [0.1, 0.15) is 90.9 Å². The van der Waals surface area contributed by atoms with Gasteiger partial charge in [0.15, 0.2) is 0 Å².